The number of carbonyl (C=O) groups is 3. The lowest BCUT2D eigenvalue weighted by Gasteiger charge is -2.25. The first-order chi connectivity index (χ1) is 23.3. The van der Waals surface area contributed by atoms with E-state index in [2.05, 4.69) is 36.7 Å². The first-order valence-corrected chi connectivity index (χ1v) is 16.5. The van der Waals surface area contributed by atoms with Crippen LogP contribution >= 0.6 is 0 Å². The number of anilines is 2. The highest BCUT2D eigenvalue weighted by molar-refractivity contribution is 6.05. The highest BCUT2D eigenvalue weighted by atomic mass is 16.3. The molecule has 2 aliphatic rings. The van der Waals surface area contributed by atoms with Gasteiger partial charge in [0.25, 0.3) is 11.8 Å². The molecule has 0 spiro atoms. The molecule has 0 aliphatic carbocycles. The second-order valence-corrected chi connectivity index (χ2v) is 12.4. The number of pyridine rings is 1. The van der Waals surface area contributed by atoms with Crippen LogP contribution < -0.4 is 26.6 Å². The Balaban J connectivity index is 1.14. The van der Waals surface area contributed by atoms with Gasteiger partial charge in [-0.1, -0.05) is 30.3 Å². The van der Waals surface area contributed by atoms with Crippen LogP contribution in [-0.4, -0.2) is 63.3 Å². The van der Waals surface area contributed by atoms with Crippen LogP contribution in [0.15, 0.2) is 60.8 Å². The molecule has 4 aromatic rings. The number of rotatable bonds is 12. The average Bonchev–Trinajstić information content (AvgIpc) is 3.73. The molecule has 4 heterocycles. The van der Waals surface area contributed by atoms with Crippen molar-refractivity contribution in [1.82, 2.24) is 30.7 Å². The molecule has 6 N–H and O–H groups in total. The van der Waals surface area contributed by atoms with Gasteiger partial charge in [0.1, 0.15) is 5.69 Å². The number of amides is 3. The highest BCUT2D eigenvalue weighted by Crippen LogP contribution is 2.34. The Labute approximate surface area is 279 Å². The molecule has 2 unspecified atom stereocenters. The molecule has 250 valence electrons. The summed E-state index contributed by atoms with van der Waals surface area (Å²) >= 11 is 0. The Bertz CT molecular complexity index is 1800. The molecule has 2 aromatic carbocycles. The number of fused-ring (bicyclic) bond motifs is 1. The molecule has 2 aliphatic heterocycles. The fourth-order valence-electron chi connectivity index (χ4n) is 6.39. The van der Waals surface area contributed by atoms with Gasteiger partial charge in [-0.15, -0.1) is 0 Å². The van der Waals surface area contributed by atoms with Gasteiger partial charge in [0.15, 0.2) is 5.69 Å². The Kier molecular flexibility index (Phi) is 10.2. The summed E-state index contributed by atoms with van der Waals surface area (Å²) < 4.78 is 1.91. The third-order valence-electron chi connectivity index (χ3n) is 9.09. The maximum atomic E-state index is 13.5. The molecular weight excluding hydrogens is 608 g/mol. The van der Waals surface area contributed by atoms with Gasteiger partial charge >= 0.3 is 0 Å². The molecule has 0 radical (unpaired) electrons. The van der Waals surface area contributed by atoms with E-state index in [-0.39, 0.29) is 36.4 Å². The summed E-state index contributed by atoms with van der Waals surface area (Å²) in [6.45, 7) is 6.47. The lowest BCUT2D eigenvalue weighted by Crippen LogP contribution is -2.38. The van der Waals surface area contributed by atoms with Gasteiger partial charge in [0.05, 0.1) is 12.3 Å². The van der Waals surface area contributed by atoms with Gasteiger partial charge in [-0.25, -0.2) is 0 Å². The van der Waals surface area contributed by atoms with Crippen molar-refractivity contribution < 1.29 is 19.5 Å². The Morgan fingerprint density at radius 1 is 0.958 bits per heavy atom. The van der Waals surface area contributed by atoms with Crippen LogP contribution in [-0.2, 0) is 17.9 Å². The Morgan fingerprint density at radius 3 is 2.29 bits per heavy atom. The number of nitrogens with zero attached hydrogens (tertiary/aromatic N) is 3. The second-order valence-electron chi connectivity index (χ2n) is 12.4. The quantitative estimate of drug-likeness (QED) is 0.126. The number of aliphatic hydroxyl groups is 1. The smallest absolute Gasteiger partial charge is 0.276 e. The number of hydrogen-bond donors (Lipinski definition) is 6. The van der Waals surface area contributed by atoms with Crippen molar-refractivity contribution in [3.05, 3.63) is 94.6 Å². The van der Waals surface area contributed by atoms with Crippen LogP contribution in [0.5, 0.6) is 0 Å². The van der Waals surface area contributed by atoms with Crippen LogP contribution in [0.3, 0.4) is 0 Å². The molecule has 12 heteroatoms. The number of hydrogen-bond acceptors (Lipinski definition) is 8. The predicted octanol–water partition coefficient (Wildman–Crippen LogP) is 3.85. The topological polar surface area (TPSA) is 162 Å². The van der Waals surface area contributed by atoms with Gasteiger partial charge in [0.2, 0.25) is 5.91 Å². The average molecular weight is 651 g/mol. The molecule has 3 amide bonds. The molecule has 0 saturated carbocycles. The monoisotopic (exact) mass is 650 g/mol. The van der Waals surface area contributed by atoms with Crippen molar-refractivity contribution in [1.29, 1.82) is 0 Å². The van der Waals surface area contributed by atoms with Gasteiger partial charge in [-0.05, 0) is 85.2 Å². The van der Waals surface area contributed by atoms with Crippen LogP contribution in [0, 0.1) is 13.8 Å². The van der Waals surface area contributed by atoms with Crippen molar-refractivity contribution >= 4 is 29.1 Å². The number of aryl methyl sites for hydroxylation is 1. The van der Waals surface area contributed by atoms with Crippen LogP contribution in [0.25, 0.3) is 11.1 Å². The molecule has 0 bridgehead atoms. The van der Waals surface area contributed by atoms with E-state index in [9.17, 15) is 14.4 Å². The zero-order valence-corrected chi connectivity index (χ0v) is 27.3. The highest BCUT2D eigenvalue weighted by Gasteiger charge is 2.27. The second kappa shape index (κ2) is 14.9. The fraction of sp³-hybridized carbons (Fsp3) is 0.361. The van der Waals surface area contributed by atoms with Gasteiger partial charge in [-0.3, -0.25) is 24.0 Å². The summed E-state index contributed by atoms with van der Waals surface area (Å²) in [6.07, 6.45) is 4.96. The third kappa shape index (κ3) is 7.46. The fourth-order valence-corrected chi connectivity index (χ4v) is 6.39. The maximum absolute atomic E-state index is 13.5. The van der Waals surface area contributed by atoms with Crippen molar-refractivity contribution in [2.75, 3.05) is 30.3 Å². The summed E-state index contributed by atoms with van der Waals surface area (Å²) in [4.78, 5) is 42.5. The summed E-state index contributed by atoms with van der Waals surface area (Å²) in [7, 11) is 0. The molecule has 6 rings (SSSR count). The predicted molar refractivity (Wildman–Crippen MR) is 184 cm³/mol. The minimum atomic E-state index is -0.312. The van der Waals surface area contributed by atoms with Crippen molar-refractivity contribution in [3.8, 4) is 11.1 Å². The van der Waals surface area contributed by atoms with E-state index in [4.69, 9.17) is 5.11 Å². The van der Waals surface area contributed by atoms with E-state index in [1.54, 1.807) is 12.3 Å². The number of carbonyl (C=O) groups excluding carboxylic acids is 3. The number of benzene rings is 2. The lowest BCUT2D eigenvalue weighted by atomic mass is 9.94. The normalized spacial score (nSPS) is 17.1. The summed E-state index contributed by atoms with van der Waals surface area (Å²) in [5.41, 5.74) is 7.57. The van der Waals surface area contributed by atoms with E-state index in [1.807, 2.05) is 67.1 Å². The number of nitrogens with one attached hydrogen (secondary N) is 5. The zero-order valence-electron chi connectivity index (χ0n) is 27.3. The molecule has 1 fully saturated rings. The Morgan fingerprint density at radius 2 is 1.67 bits per heavy atom. The maximum Gasteiger partial charge on any atom is 0.276 e. The number of aromatic nitrogens is 3. The van der Waals surface area contributed by atoms with Crippen LogP contribution in [0.1, 0.15) is 75.1 Å². The SMILES string of the molecule is Cc1c(NC(=O)c2ccc(CNCCO)cn2)cccc1-c1cccc(NC(=O)c2cc3n(n2)CCCC3NCC2CCC(=O)N2)c1C. The third-order valence-corrected chi connectivity index (χ3v) is 9.09. The van der Waals surface area contributed by atoms with E-state index in [1.165, 1.54) is 0 Å². The summed E-state index contributed by atoms with van der Waals surface area (Å²) in [5, 5.41) is 29.3. The van der Waals surface area contributed by atoms with Gasteiger partial charge < -0.3 is 31.7 Å². The van der Waals surface area contributed by atoms with Gasteiger partial charge in [-0.2, -0.15) is 5.10 Å². The largest absolute Gasteiger partial charge is 0.395 e. The van der Waals surface area contributed by atoms with Crippen molar-refractivity contribution in [3.63, 3.8) is 0 Å². The van der Waals surface area contributed by atoms with E-state index in [0.29, 0.717) is 48.8 Å². The van der Waals surface area contributed by atoms with E-state index in [0.717, 1.165) is 59.3 Å². The zero-order chi connectivity index (χ0) is 33.6. The molecule has 2 atom stereocenters. The first kappa shape index (κ1) is 33.0. The van der Waals surface area contributed by atoms with Gasteiger partial charge in [0, 0.05) is 62.3 Å². The summed E-state index contributed by atoms with van der Waals surface area (Å²) in [6, 6.07) is 17.1. The molecule has 12 nitrogen and oxygen atoms in total. The standard InChI is InChI=1S/C36H42N8O4/c1-22-26(6-3-8-28(22)41-35(47)31-13-11-24(20-38-31)19-37-15-17-45)27-7-4-9-29(23(27)2)42-36(48)32-18-33-30(10-5-16-44(33)43-32)39-21-25-12-14-34(46)40-25/h3-4,6-9,11,13,18,20,25,30,37,39,45H,5,10,12,14-17,19,21H2,1-2H3,(H,40,46)(H,41,47)(H,42,48). The van der Waals surface area contributed by atoms with E-state index < -0.39 is 0 Å². The minimum absolute atomic E-state index is 0.0572. The summed E-state index contributed by atoms with van der Waals surface area (Å²) in [5.74, 6) is -0.490. The molecule has 1 saturated heterocycles. The molecule has 48 heavy (non-hydrogen) atoms. The molecular formula is C36H42N8O4. The van der Waals surface area contributed by atoms with Crippen LogP contribution in [0.4, 0.5) is 11.4 Å². The lowest BCUT2D eigenvalue weighted by molar-refractivity contribution is -0.119. The van der Waals surface area contributed by atoms with Crippen molar-refractivity contribution in [2.45, 2.75) is 64.7 Å². The van der Waals surface area contributed by atoms with Crippen molar-refractivity contribution in [2.24, 2.45) is 0 Å². The minimum Gasteiger partial charge on any atom is -0.395 e. The molecule has 2 aromatic heterocycles. The Hall–Kier alpha value is -4.91. The first-order valence-electron chi connectivity index (χ1n) is 16.5. The van der Waals surface area contributed by atoms with Crippen LogP contribution in [0.2, 0.25) is 0 Å². The van der Waals surface area contributed by atoms with E-state index >= 15 is 0 Å². The number of aliphatic hydroxyl groups excluding tert-OH is 1.